The van der Waals surface area contributed by atoms with Gasteiger partial charge in [-0.3, -0.25) is 0 Å². The summed E-state index contributed by atoms with van der Waals surface area (Å²) < 4.78 is 8.96. The maximum absolute atomic E-state index is 5.23. The smallest absolute Gasteiger partial charge is 0.119 e. The van der Waals surface area contributed by atoms with Crippen LogP contribution in [0.2, 0.25) is 0 Å². The molecule has 1 aliphatic rings. The molecule has 0 heterocycles. The molecule has 0 aliphatic heterocycles. The Labute approximate surface area is 134 Å². The lowest BCUT2D eigenvalue weighted by Gasteiger charge is -2.36. The van der Waals surface area contributed by atoms with E-state index in [1.54, 1.807) is 7.11 Å². The number of anilines is 1. The van der Waals surface area contributed by atoms with Gasteiger partial charge in [-0.2, -0.15) is 0 Å². The molecule has 0 saturated heterocycles. The van der Waals surface area contributed by atoms with Crippen molar-refractivity contribution < 1.29 is 4.74 Å². The van der Waals surface area contributed by atoms with Crippen molar-refractivity contribution in [2.24, 2.45) is 0 Å². The summed E-state index contributed by atoms with van der Waals surface area (Å²) in [6, 6.07) is 14.8. The first kappa shape index (κ1) is 15.0. The molecule has 0 amide bonds. The van der Waals surface area contributed by atoms with E-state index in [2.05, 4.69) is 60.6 Å². The third-order valence-electron chi connectivity index (χ3n) is 4.04. The van der Waals surface area contributed by atoms with Crippen molar-refractivity contribution in [3.05, 3.63) is 59.2 Å². The minimum absolute atomic E-state index is 0.888. The van der Waals surface area contributed by atoms with Gasteiger partial charge in [-0.15, -0.1) is 10.2 Å². The summed E-state index contributed by atoms with van der Waals surface area (Å²) in [4.78, 5) is 1.45. The molecule has 1 aliphatic carbocycles. The molecular formula is C19H23NOS. The fraction of sp³-hybridized carbons (Fsp3) is 0.263. The molecule has 2 aromatic carbocycles. The maximum Gasteiger partial charge on any atom is 0.119 e. The second-order valence-corrected chi connectivity index (χ2v) is 9.45. The largest absolute Gasteiger partial charge is 0.497 e. The summed E-state index contributed by atoms with van der Waals surface area (Å²) in [6.07, 6.45) is 8.02. The fourth-order valence-electron chi connectivity index (χ4n) is 2.99. The second kappa shape index (κ2) is 5.73. The Balaban J connectivity index is 1.89. The molecule has 22 heavy (non-hydrogen) atoms. The molecular weight excluding hydrogens is 290 g/mol. The van der Waals surface area contributed by atoms with Crippen molar-refractivity contribution in [1.29, 1.82) is 0 Å². The average molecular weight is 313 g/mol. The first-order valence-corrected chi connectivity index (χ1v) is 9.89. The molecule has 0 radical (unpaired) electrons. The van der Waals surface area contributed by atoms with Crippen LogP contribution in [0.1, 0.15) is 18.1 Å². The minimum Gasteiger partial charge on any atom is -0.497 e. The van der Waals surface area contributed by atoms with E-state index in [1.807, 2.05) is 12.1 Å². The summed E-state index contributed by atoms with van der Waals surface area (Å²) >= 11 is 0. The SMILES string of the molecule is COc1ccc(NS(C)(C)c2cccc3c2CC(C)=C3)cc1. The van der Waals surface area contributed by atoms with Crippen LogP contribution in [0.5, 0.6) is 5.75 Å². The van der Waals surface area contributed by atoms with Crippen molar-refractivity contribution in [3.8, 4) is 5.75 Å². The molecule has 2 nitrogen and oxygen atoms in total. The normalized spacial score (nSPS) is 14.3. The monoisotopic (exact) mass is 313 g/mol. The third-order valence-corrected chi connectivity index (χ3v) is 6.27. The van der Waals surface area contributed by atoms with Crippen LogP contribution in [0, 0.1) is 0 Å². The Kier molecular flexibility index (Phi) is 3.92. The van der Waals surface area contributed by atoms with Gasteiger partial charge < -0.3 is 9.46 Å². The summed E-state index contributed by atoms with van der Waals surface area (Å²) in [6.45, 7) is 2.21. The number of fused-ring (bicyclic) bond motifs is 1. The first-order valence-electron chi connectivity index (χ1n) is 7.44. The first-order chi connectivity index (χ1) is 10.5. The molecule has 0 saturated carbocycles. The lowest BCUT2D eigenvalue weighted by atomic mass is 10.1. The Morgan fingerprint density at radius 1 is 1.05 bits per heavy atom. The Morgan fingerprint density at radius 3 is 2.45 bits per heavy atom. The number of hydrogen-bond acceptors (Lipinski definition) is 2. The van der Waals surface area contributed by atoms with E-state index in [0.717, 1.165) is 17.9 Å². The highest BCUT2D eigenvalue weighted by Crippen LogP contribution is 2.52. The zero-order chi connectivity index (χ0) is 15.7. The summed E-state index contributed by atoms with van der Waals surface area (Å²) in [5, 5.41) is 0. The van der Waals surface area contributed by atoms with Gasteiger partial charge in [0, 0.05) is 10.6 Å². The molecule has 0 aromatic heterocycles. The Morgan fingerprint density at radius 2 is 1.77 bits per heavy atom. The molecule has 116 valence electrons. The zero-order valence-corrected chi connectivity index (χ0v) is 14.5. The van der Waals surface area contributed by atoms with Gasteiger partial charge in [-0.25, -0.2) is 0 Å². The van der Waals surface area contributed by atoms with Crippen LogP contribution in [-0.2, 0) is 6.42 Å². The number of hydrogen-bond donors (Lipinski definition) is 1. The molecule has 3 heteroatoms. The third kappa shape index (κ3) is 2.86. The van der Waals surface area contributed by atoms with E-state index >= 15 is 0 Å². The molecule has 0 spiro atoms. The molecule has 0 fully saturated rings. The van der Waals surface area contributed by atoms with Crippen LogP contribution in [0.15, 0.2) is 52.9 Å². The van der Waals surface area contributed by atoms with Crippen LogP contribution in [0.4, 0.5) is 5.69 Å². The van der Waals surface area contributed by atoms with Crippen molar-refractivity contribution in [2.45, 2.75) is 18.2 Å². The standard InChI is InChI=1S/C19H23NOS/c1-14-12-15-6-5-7-19(18(15)13-14)22(3,4)20-16-8-10-17(21-2)11-9-16/h5-12,20H,13H2,1-4H3. The van der Waals surface area contributed by atoms with E-state index in [0.29, 0.717) is 0 Å². The fourth-order valence-corrected chi connectivity index (χ4v) is 5.05. The van der Waals surface area contributed by atoms with Gasteiger partial charge in [-0.05, 0) is 67.3 Å². The number of allylic oxidation sites excluding steroid dienone is 1. The number of benzene rings is 2. The van der Waals surface area contributed by atoms with E-state index in [4.69, 9.17) is 4.74 Å². The minimum atomic E-state index is -1.11. The molecule has 2 aromatic rings. The van der Waals surface area contributed by atoms with E-state index < -0.39 is 10.2 Å². The molecule has 1 N–H and O–H groups in total. The van der Waals surface area contributed by atoms with Crippen molar-refractivity contribution in [3.63, 3.8) is 0 Å². The highest BCUT2D eigenvalue weighted by Gasteiger charge is 2.22. The van der Waals surface area contributed by atoms with E-state index in [1.165, 1.54) is 21.6 Å². The van der Waals surface area contributed by atoms with Gasteiger partial charge >= 0.3 is 0 Å². The maximum atomic E-state index is 5.23. The van der Waals surface area contributed by atoms with Gasteiger partial charge in [0.2, 0.25) is 0 Å². The highest BCUT2D eigenvalue weighted by atomic mass is 32.3. The molecule has 3 rings (SSSR count). The van der Waals surface area contributed by atoms with Crippen LogP contribution in [0.25, 0.3) is 6.08 Å². The quantitative estimate of drug-likeness (QED) is 0.847. The predicted molar refractivity (Wildman–Crippen MR) is 98.1 cm³/mol. The summed E-state index contributed by atoms with van der Waals surface area (Å²) in [7, 11) is 0.589. The topological polar surface area (TPSA) is 21.3 Å². The lowest BCUT2D eigenvalue weighted by molar-refractivity contribution is 0.415. The molecule has 0 bridgehead atoms. The lowest BCUT2D eigenvalue weighted by Crippen LogP contribution is -2.10. The van der Waals surface area contributed by atoms with E-state index in [-0.39, 0.29) is 0 Å². The highest BCUT2D eigenvalue weighted by molar-refractivity contribution is 8.33. The van der Waals surface area contributed by atoms with Crippen LogP contribution < -0.4 is 9.46 Å². The molecule has 0 atom stereocenters. The predicted octanol–water partition coefficient (Wildman–Crippen LogP) is 5.10. The van der Waals surface area contributed by atoms with Gasteiger partial charge in [0.1, 0.15) is 5.75 Å². The molecule has 0 unspecified atom stereocenters. The number of methoxy groups -OCH3 is 1. The van der Waals surface area contributed by atoms with Gasteiger partial charge in [0.05, 0.1) is 7.11 Å². The zero-order valence-electron chi connectivity index (χ0n) is 13.6. The number of ether oxygens (including phenoxy) is 1. The van der Waals surface area contributed by atoms with Crippen LogP contribution in [-0.4, -0.2) is 19.6 Å². The Bertz CT molecular complexity index is 717. The van der Waals surface area contributed by atoms with Gasteiger partial charge in [0.25, 0.3) is 0 Å². The van der Waals surface area contributed by atoms with Crippen molar-refractivity contribution >= 4 is 22.0 Å². The van der Waals surface area contributed by atoms with Crippen molar-refractivity contribution in [1.82, 2.24) is 0 Å². The van der Waals surface area contributed by atoms with Crippen LogP contribution >= 0.6 is 10.2 Å². The van der Waals surface area contributed by atoms with Gasteiger partial charge in [0.15, 0.2) is 0 Å². The van der Waals surface area contributed by atoms with Gasteiger partial charge in [-0.1, -0.05) is 23.8 Å². The number of nitrogens with one attached hydrogen (secondary N) is 1. The summed E-state index contributed by atoms with van der Waals surface area (Å²) in [5.41, 5.74) is 5.45. The van der Waals surface area contributed by atoms with Crippen LogP contribution in [0.3, 0.4) is 0 Å². The van der Waals surface area contributed by atoms with E-state index in [9.17, 15) is 0 Å². The number of rotatable bonds is 4. The average Bonchev–Trinajstić information content (AvgIpc) is 2.87. The second-order valence-electron chi connectivity index (χ2n) is 6.15. The Hall–Kier alpha value is -1.87. The van der Waals surface area contributed by atoms with Crippen molar-refractivity contribution in [2.75, 3.05) is 24.3 Å². The summed E-state index contributed by atoms with van der Waals surface area (Å²) in [5.74, 6) is 0.888.